The van der Waals surface area contributed by atoms with Crippen molar-refractivity contribution >= 4 is 15.5 Å². The van der Waals surface area contributed by atoms with Crippen LogP contribution in [0.15, 0.2) is 59.5 Å². The van der Waals surface area contributed by atoms with E-state index >= 15 is 0 Å². The normalized spacial score (nSPS) is 27.9. The van der Waals surface area contributed by atoms with Crippen LogP contribution in [-0.4, -0.2) is 56.5 Å². The summed E-state index contributed by atoms with van der Waals surface area (Å²) in [6.07, 6.45) is 5.17. The van der Waals surface area contributed by atoms with E-state index in [-0.39, 0.29) is 6.04 Å². The van der Waals surface area contributed by atoms with Gasteiger partial charge in [-0.3, -0.25) is 4.90 Å². The van der Waals surface area contributed by atoms with Crippen LogP contribution >= 0.6 is 0 Å². The summed E-state index contributed by atoms with van der Waals surface area (Å²) in [6.45, 7) is 5.66. The summed E-state index contributed by atoms with van der Waals surface area (Å²) in [5, 5.41) is 10.3. The fraction of sp³-hybridized carbons (Fsp3) is 0.520. The van der Waals surface area contributed by atoms with Crippen LogP contribution in [0.2, 0.25) is 0 Å². The molecule has 2 aromatic rings. The van der Waals surface area contributed by atoms with Gasteiger partial charge in [0.25, 0.3) is 0 Å². The quantitative estimate of drug-likeness (QED) is 0.761. The maximum Gasteiger partial charge on any atom is 0.175 e. The minimum Gasteiger partial charge on any atom is -0.390 e. The van der Waals surface area contributed by atoms with Crippen molar-refractivity contribution in [2.75, 3.05) is 37.3 Å². The first kappa shape index (κ1) is 22.3. The Kier molecular flexibility index (Phi) is 6.42. The van der Waals surface area contributed by atoms with Gasteiger partial charge in [-0.05, 0) is 62.3 Å². The molecule has 2 aliphatic rings. The van der Waals surface area contributed by atoms with E-state index in [1.165, 1.54) is 11.8 Å². The lowest BCUT2D eigenvalue weighted by Gasteiger charge is -2.45. The van der Waals surface area contributed by atoms with Gasteiger partial charge in [-0.2, -0.15) is 0 Å². The summed E-state index contributed by atoms with van der Waals surface area (Å²) in [4.78, 5) is 5.28. The van der Waals surface area contributed by atoms with Crippen molar-refractivity contribution in [3.8, 4) is 0 Å². The van der Waals surface area contributed by atoms with E-state index in [4.69, 9.17) is 0 Å². The maximum atomic E-state index is 12.0. The molecule has 2 aromatic carbocycles. The third-order valence-electron chi connectivity index (χ3n) is 6.96. The molecule has 0 amide bonds. The van der Waals surface area contributed by atoms with Gasteiger partial charge in [0.1, 0.15) is 0 Å². The maximum absolute atomic E-state index is 12.0. The predicted molar refractivity (Wildman–Crippen MR) is 125 cm³/mol. The highest BCUT2D eigenvalue weighted by Gasteiger charge is 2.33. The van der Waals surface area contributed by atoms with E-state index in [1.807, 2.05) is 25.1 Å². The first-order chi connectivity index (χ1) is 14.7. The Morgan fingerprint density at radius 2 is 1.74 bits per heavy atom. The van der Waals surface area contributed by atoms with Crippen molar-refractivity contribution < 1.29 is 13.5 Å². The van der Waals surface area contributed by atoms with Crippen molar-refractivity contribution in [1.82, 2.24) is 4.90 Å². The Morgan fingerprint density at radius 3 is 2.42 bits per heavy atom. The van der Waals surface area contributed by atoms with E-state index < -0.39 is 15.4 Å². The van der Waals surface area contributed by atoms with E-state index in [0.717, 1.165) is 57.5 Å². The zero-order chi connectivity index (χ0) is 22.1. The molecular formula is C25H34N2O3S. The van der Waals surface area contributed by atoms with Crippen LogP contribution in [0.5, 0.6) is 0 Å². The number of benzene rings is 2. The van der Waals surface area contributed by atoms with Gasteiger partial charge in [-0.1, -0.05) is 36.4 Å². The lowest BCUT2D eigenvalue weighted by Crippen LogP contribution is -2.50. The molecule has 5 nitrogen and oxygen atoms in total. The Labute approximate surface area is 186 Å². The smallest absolute Gasteiger partial charge is 0.175 e. The molecule has 6 heteroatoms. The summed E-state index contributed by atoms with van der Waals surface area (Å²) in [5.41, 5.74) is 1.77. The first-order valence-corrected chi connectivity index (χ1v) is 13.2. The second-order valence-electron chi connectivity index (χ2n) is 9.58. The van der Waals surface area contributed by atoms with E-state index in [1.54, 1.807) is 12.1 Å². The molecule has 1 aliphatic carbocycles. The molecule has 1 atom stereocenters. The van der Waals surface area contributed by atoms with E-state index in [9.17, 15) is 13.5 Å². The van der Waals surface area contributed by atoms with Crippen LogP contribution in [-0.2, 0) is 9.84 Å². The standard InChI is InChI=1S/C25H34N2O3S/c1-25(28)13-11-20(12-14-25)18-27-16-15-26(19-24(27)21-7-4-3-5-8-21)22-9-6-10-23(17-22)31(2,29)30/h3-10,17,20,24,28H,11-16,18-19H2,1-2H3/t20?,24-,25?/m1/s1. The van der Waals surface area contributed by atoms with Crippen LogP contribution in [0.3, 0.4) is 0 Å². The molecule has 168 valence electrons. The molecule has 1 saturated carbocycles. The van der Waals surface area contributed by atoms with Crippen molar-refractivity contribution in [2.24, 2.45) is 5.92 Å². The summed E-state index contributed by atoms with van der Waals surface area (Å²) in [6, 6.07) is 18.2. The summed E-state index contributed by atoms with van der Waals surface area (Å²) < 4.78 is 24.1. The Bertz CT molecular complexity index is 981. The highest BCUT2D eigenvalue weighted by molar-refractivity contribution is 7.90. The number of hydrogen-bond donors (Lipinski definition) is 1. The molecular weight excluding hydrogens is 408 g/mol. The topological polar surface area (TPSA) is 60.9 Å². The Hall–Kier alpha value is -1.89. The second-order valence-corrected chi connectivity index (χ2v) is 11.6. The SMILES string of the molecule is CC1(O)CCC(CN2CCN(c3cccc(S(C)(=O)=O)c3)C[C@@H]2c2ccccc2)CC1. The minimum atomic E-state index is -3.23. The lowest BCUT2D eigenvalue weighted by atomic mass is 9.79. The number of piperazine rings is 1. The third kappa shape index (κ3) is 5.48. The van der Waals surface area contributed by atoms with Gasteiger partial charge in [-0.15, -0.1) is 0 Å². The summed E-state index contributed by atoms with van der Waals surface area (Å²) in [5.74, 6) is 0.617. The van der Waals surface area contributed by atoms with Crippen LogP contribution in [0.25, 0.3) is 0 Å². The van der Waals surface area contributed by atoms with Gasteiger partial charge in [0.05, 0.1) is 16.5 Å². The first-order valence-electron chi connectivity index (χ1n) is 11.3. The van der Waals surface area contributed by atoms with Crippen LogP contribution in [0, 0.1) is 5.92 Å². The Morgan fingerprint density at radius 1 is 1.03 bits per heavy atom. The zero-order valence-corrected chi connectivity index (χ0v) is 19.4. The molecule has 2 fully saturated rings. The number of anilines is 1. The highest BCUT2D eigenvalue weighted by Crippen LogP contribution is 2.35. The van der Waals surface area contributed by atoms with Gasteiger partial charge in [0, 0.05) is 38.1 Å². The van der Waals surface area contributed by atoms with Crippen LogP contribution in [0.4, 0.5) is 5.69 Å². The van der Waals surface area contributed by atoms with Crippen molar-refractivity contribution in [1.29, 1.82) is 0 Å². The monoisotopic (exact) mass is 442 g/mol. The molecule has 1 aliphatic heterocycles. The predicted octanol–water partition coefficient (Wildman–Crippen LogP) is 3.89. The number of rotatable bonds is 5. The lowest BCUT2D eigenvalue weighted by molar-refractivity contribution is -0.000309. The summed E-state index contributed by atoms with van der Waals surface area (Å²) in [7, 11) is -3.23. The molecule has 31 heavy (non-hydrogen) atoms. The fourth-order valence-corrected chi connectivity index (χ4v) is 5.65. The largest absolute Gasteiger partial charge is 0.390 e. The fourth-order valence-electron chi connectivity index (χ4n) is 4.99. The molecule has 4 rings (SSSR count). The molecule has 0 radical (unpaired) electrons. The molecule has 1 saturated heterocycles. The number of sulfone groups is 1. The average molecular weight is 443 g/mol. The van der Waals surface area contributed by atoms with Gasteiger partial charge in [0.15, 0.2) is 9.84 Å². The summed E-state index contributed by atoms with van der Waals surface area (Å²) >= 11 is 0. The molecule has 1 heterocycles. The number of hydrogen-bond acceptors (Lipinski definition) is 5. The van der Waals surface area contributed by atoms with Crippen molar-refractivity contribution in [3.63, 3.8) is 0 Å². The molecule has 0 aromatic heterocycles. The van der Waals surface area contributed by atoms with E-state index in [2.05, 4.69) is 34.1 Å². The van der Waals surface area contributed by atoms with Crippen LogP contribution in [0.1, 0.15) is 44.2 Å². The van der Waals surface area contributed by atoms with Crippen LogP contribution < -0.4 is 4.90 Å². The van der Waals surface area contributed by atoms with Gasteiger partial charge >= 0.3 is 0 Å². The minimum absolute atomic E-state index is 0.263. The molecule has 0 bridgehead atoms. The average Bonchev–Trinajstić information content (AvgIpc) is 2.75. The van der Waals surface area contributed by atoms with E-state index in [0.29, 0.717) is 10.8 Å². The molecule has 0 unspecified atom stereocenters. The van der Waals surface area contributed by atoms with Gasteiger partial charge in [-0.25, -0.2) is 8.42 Å². The third-order valence-corrected chi connectivity index (χ3v) is 8.07. The number of aliphatic hydroxyl groups is 1. The van der Waals surface area contributed by atoms with Crippen molar-refractivity contribution in [2.45, 2.75) is 49.1 Å². The highest BCUT2D eigenvalue weighted by atomic mass is 32.2. The molecule has 0 spiro atoms. The molecule has 1 N–H and O–H groups in total. The zero-order valence-electron chi connectivity index (χ0n) is 18.6. The van der Waals surface area contributed by atoms with Crippen molar-refractivity contribution in [3.05, 3.63) is 60.2 Å². The number of nitrogens with zero attached hydrogens (tertiary/aromatic N) is 2. The Balaban J connectivity index is 1.53. The van der Waals surface area contributed by atoms with Gasteiger partial charge in [0.2, 0.25) is 0 Å². The second kappa shape index (κ2) is 8.93. The van der Waals surface area contributed by atoms with Gasteiger partial charge < -0.3 is 10.0 Å².